The summed E-state index contributed by atoms with van der Waals surface area (Å²) in [6.45, 7) is 6.20. The summed E-state index contributed by atoms with van der Waals surface area (Å²) in [5, 5.41) is 0. The van der Waals surface area contributed by atoms with Crippen LogP contribution in [-0.4, -0.2) is 33.4 Å². The number of rotatable bonds is 3. The third-order valence-corrected chi connectivity index (χ3v) is 5.69. The van der Waals surface area contributed by atoms with Crippen molar-refractivity contribution in [2.75, 3.05) is 13.1 Å². The van der Waals surface area contributed by atoms with Crippen molar-refractivity contribution in [2.45, 2.75) is 57.9 Å². The number of carbonyl (C=O) groups excluding carboxylic acids is 1. The molecule has 1 aliphatic carbocycles. The molecule has 0 N–H and O–H groups in total. The Morgan fingerprint density at radius 3 is 2.67 bits per heavy atom. The summed E-state index contributed by atoms with van der Waals surface area (Å²) in [7, 11) is 0. The summed E-state index contributed by atoms with van der Waals surface area (Å²) in [4.78, 5) is 19.7. The number of likely N-dealkylation sites (tertiary alicyclic amines) is 1. The molecule has 1 saturated heterocycles. The van der Waals surface area contributed by atoms with Gasteiger partial charge in [-0.3, -0.25) is 4.79 Å². The van der Waals surface area contributed by atoms with E-state index >= 15 is 0 Å². The lowest BCUT2D eigenvalue weighted by molar-refractivity contribution is -0.139. The van der Waals surface area contributed by atoms with Gasteiger partial charge in [-0.1, -0.05) is 18.6 Å². The smallest absolute Gasteiger partial charge is 0.225 e. The van der Waals surface area contributed by atoms with Crippen molar-refractivity contribution in [1.82, 2.24) is 14.5 Å². The van der Waals surface area contributed by atoms with Crippen molar-refractivity contribution in [3.63, 3.8) is 0 Å². The zero-order chi connectivity index (χ0) is 16.7. The molecule has 1 saturated carbocycles. The van der Waals surface area contributed by atoms with Gasteiger partial charge in [0, 0.05) is 31.0 Å². The number of para-hydroxylation sites is 2. The SMILES string of the molecule is CC(C)n1c(C2CCCN(C(=O)C3CCC3)C2)nc2ccccc21. The van der Waals surface area contributed by atoms with Crippen molar-refractivity contribution in [3.8, 4) is 0 Å². The predicted octanol–water partition coefficient (Wildman–Crippen LogP) is 4.12. The summed E-state index contributed by atoms with van der Waals surface area (Å²) >= 11 is 0. The molecule has 24 heavy (non-hydrogen) atoms. The first-order valence-electron chi connectivity index (χ1n) is 9.41. The Balaban J connectivity index is 1.64. The molecule has 0 bridgehead atoms. The molecule has 1 aromatic heterocycles. The lowest BCUT2D eigenvalue weighted by atomic mass is 9.83. The van der Waals surface area contributed by atoms with Crippen molar-refractivity contribution in [1.29, 1.82) is 0 Å². The van der Waals surface area contributed by atoms with Gasteiger partial charge < -0.3 is 9.47 Å². The highest BCUT2D eigenvalue weighted by molar-refractivity contribution is 5.80. The van der Waals surface area contributed by atoms with Crippen LogP contribution in [0.3, 0.4) is 0 Å². The second kappa shape index (κ2) is 6.23. The Morgan fingerprint density at radius 1 is 1.17 bits per heavy atom. The van der Waals surface area contributed by atoms with Gasteiger partial charge in [-0.05, 0) is 51.7 Å². The molecule has 2 aliphatic rings. The van der Waals surface area contributed by atoms with E-state index in [9.17, 15) is 4.79 Å². The van der Waals surface area contributed by atoms with E-state index in [1.807, 2.05) is 0 Å². The fourth-order valence-corrected chi connectivity index (χ4v) is 4.20. The maximum absolute atomic E-state index is 12.6. The summed E-state index contributed by atoms with van der Waals surface area (Å²) in [5.41, 5.74) is 2.29. The first-order valence-corrected chi connectivity index (χ1v) is 9.41. The van der Waals surface area contributed by atoms with Crippen LogP contribution in [0.2, 0.25) is 0 Å². The van der Waals surface area contributed by atoms with E-state index in [-0.39, 0.29) is 0 Å². The molecule has 4 rings (SSSR count). The molecule has 0 radical (unpaired) electrons. The van der Waals surface area contributed by atoms with Crippen molar-refractivity contribution in [2.24, 2.45) is 5.92 Å². The van der Waals surface area contributed by atoms with E-state index in [0.717, 1.165) is 50.1 Å². The van der Waals surface area contributed by atoms with Crippen LogP contribution >= 0.6 is 0 Å². The van der Waals surface area contributed by atoms with Gasteiger partial charge in [-0.15, -0.1) is 0 Å². The number of fused-ring (bicyclic) bond motifs is 1. The first-order chi connectivity index (χ1) is 11.6. The average Bonchev–Trinajstić information content (AvgIpc) is 2.93. The second-order valence-corrected chi connectivity index (χ2v) is 7.67. The van der Waals surface area contributed by atoms with Gasteiger partial charge in [0.15, 0.2) is 0 Å². The van der Waals surface area contributed by atoms with Crippen LogP contribution in [0, 0.1) is 5.92 Å². The zero-order valence-corrected chi connectivity index (χ0v) is 14.7. The Kier molecular flexibility index (Phi) is 4.07. The number of imidazole rings is 1. The Bertz CT molecular complexity index is 744. The number of hydrogen-bond donors (Lipinski definition) is 0. The number of aromatic nitrogens is 2. The van der Waals surface area contributed by atoms with Gasteiger partial charge in [0.2, 0.25) is 5.91 Å². The molecule has 1 atom stereocenters. The van der Waals surface area contributed by atoms with Crippen LogP contribution in [0.4, 0.5) is 0 Å². The third kappa shape index (κ3) is 2.62. The topological polar surface area (TPSA) is 38.1 Å². The third-order valence-electron chi connectivity index (χ3n) is 5.69. The monoisotopic (exact) mass is 325 g/mol. The minimum atomic E-state index is 0.299. The summed E-state index contributed by atoms with van der Waals surface area (Å²) in [5.74, 6) is 2.21. The van der Waals surface area contributed by atoms with Gasteiger partial charge in [-0.2, -0.15) is 0 Å². The van der Waals surface area contributed by atoms with Crippen LogP contribution in [0.5, 0.6) is 0 Å². The molecule has 4 nitrogen and oxygen atoms in total. The predicted molar refractivity (Wildman–Crippen MR) is 96.0 cm³/mol. The fourth-order valence-electron chi connectivity index (χ4n) is 4.20. The lowest BCUT2D eigenvalue weighted by Gasteiger charge is -2.37. The van der Waals surface area contributed by atoms with E-state index < -0.39 is 0 Å². The second-order valence-electron chi connectivity index (χ2n) is 7.67. The van der Waals surface area contributed by atoms with Gasteiger partial charge in [-0.25, -0.2) is 4.98 Å². The lowest BCUT2D eigenvalue weighted by Crippen LogP contribution is -2.44. The quantitative estimate of drug-likeness (QED) is 0.851. The van der Waals surface area contributed by atoms with Crippen LogP contribution < -0.4 is 0 Å². The van der Waals surface area contributed by atoms with Crippen LogP contribution in [-0.2, 0) is 4.79 Å². The van der Waals surface area contributed by atoms with Crippen LogP contribution in [0.25, 0.3) is 11.0 Å². The van der Waals surface area contributed by atoms with E-state index in [1.54, 1.807) is 0 Å². The van der Waals surface area contributed by atoms with Crippen LogP contribution in [0.1, 0.15) is 63.7 Å². The molecule has 128 valence electrons. The number of nitrogens with zero attached hydrogens (tertiary/aromatic N) is 3. The zero-order valence-electron chi connectivity index (χ0n) is 14.7. The largest absolute Gasteiger partial charge is 0.342 e. The number of hydrogen-bond acceptors (Lipinski definition) is 2. The molecule has 2 heterocycles. The van der Waals surface area contributed by atoms with Crippen molar-refractivity contribution >= 4 is 16.9 Å². The summed E-state index contributed by atoms with van der Waals surface area (Å²) < 4.78 is 2.37. The molecule has 1 aromatic carbocycles. The Hall–Kier alpha value is -1.84. The molecule has 2 aromatic rings. The Morgan fingerprint density at radius 2 is 1.96 bits per heavy atom. The first kappa shape index (κ1) is 15.7. The normalized spacial score (nSPS) is 22.1. The molecule has 4 heteroatoms. The maximum atomic E-state index is 12.6. The summed E-state index contributed by atoms with van der Waals surface area (Å²) in [6.07, 6.45) is 5.61. The number of piperidine rings is 1. The minimum absolute atomic E-state index is 0.299. The number of benzene rings is 1. The number of carbonyl (C=O) groups is 1. The van der Waals surface area contributed by atoms with E-state index in [2.05, 4.69) is 47.6 Å². The van der Waals surface area contributed by atoms with Crippen molar-refractivity contribution < 1.29 is 4.79 Å². The molecular weight excluding hydrogens is 298 g/mol. The van der Waals surface area contributed by atoms with Crippen molar-refractivity contribution in [3.05, 3.63) is 30.1 Å². The average molecular weight is 325 g/mol. The molecule has 1 unspecified atom stereocenters. The Labute approximate surface area is 143 Å². The highest BCUT2D eigenvalue weighted by Crippen LogP contribution is 2.34. The maximum Gasteiger partial charge on any atom is 0.225 e. The molecule has 2 fully saturated rings. The minimum Gasteiger partial charge on any atom is -0.342 e. The van der Waals surface area contributed by atoms with Gasteiger partial charge in [0.05, 0.1) is 11.0 Å². The van der Waals surface area contributed by atoms with Gasteiger partial charge >= 0.3 is 0 Å². The van der Waals surface area contributed by atoms with E-state index in [1.165, 1.54) is 11.9 Å². The van der Waals surface area contributed by atoms with E-state index in [0.29, 0.717) is 23.8 Å². The molecule has 1 amide bonds. The fraction of sp³-hybridized carbons (Fsp3) is 0.600. The molecule has 1 aliphatic heterocycles. The highest BCUT2D eigenvalue weighted by atomic mass is 16.2. The van der Waals surface area contributed by atoms with Gasteiger partial charge in [0.25, 0.3) is 0 Å². The summed E-state index contributed by atoms with van der Waals surface area (Å²) in [6, 6.07) is 8.77. The van der Waals surface area contributed by atoms with Crippen LogP contribution in [0.15, 0.2) is 24.3 Å². The van der Waals surface area contributed by atoms with E-state index in [4.69, 9.17) is 4.98 Å². The molecule has 0 spiro atoms. The standard InChI is InChI=1S/C20H27N3O/c1-14(2)23-18-11-4-3-10-17(18)21-19(23)16-9-6-12-22(13-16)20(24)15-7-5-8-15/h3-4,10-11,14-16H,5-9,12-13H2,1-2H3. The number of amides is 1. The highest BCUT2D eigenvalue weighted by Gasteiger charge is 2.34. The molecular formula is C20H27N3O. The van der Waals surface area contributed by atoms with Gasteiger partial charge in [0.1, 0.15) is 5.82 Å².